The van der Waals surface area contributed by atoms with E-state index in [4.69, 9.17) is 16.3 Å². The zero-order chi connectivity index (χ0) is 13.8. The summed E-state index contributed by atoms with van der Waals surface area (Å²) in [6.45, 7) is 0.418. The summed E-state index contributed by atoms with van der Waals surface area (Å²) in [5.74, 6) is 0.889. The lowest BCUT2D eigenvalue weighted by molar-refractivity contribution is 0.411. The third-order valence-corrected chi connectivity index (χ3v) is 3.30. The number of aromatic hydroxyl groups is 1. The quantitative estimate of drug-likeness (QED) is 0.829. The summed E-state index contributed by atoms with van der Waals surface area (Å²) in [7, 11) is 1.58. The Labute approximate surface area is 124 Å². The second kappa shape index (κ2) is 6.12. The van der Waals surface area contributed by atoms with Crippen LogP contribution in [0.2, 0.25) is 5.15 Å². The minimum Gasteiger partial charge on any atom is -0.508 e. The Morgan fingerprint density at radius 2 is 2.21 bits per heavy atom. The first-order valence-electron chi connectivity index (χ1n) is 5.51. The minimum absolute atomic E-state index is 0.201. The van der Waals surface area contributed by atoms with Crippen LogP contribution >= 0.6 is 27.5 Å². The average Bonchev–Trinajstić information content (AvgIpc) is 2.41. The molecular weight excluding hydrogens is 332 g/mol. The lowest BCUT2D eigenvalue weighted by Crippen LogP contribution is -2.01. The highest BCUT2D eigenvalue weighted by atomic mass is 79.9. The molecule has 2 N–H and O–H groups in total. The summed E-state index contributed by atoms with van der Waals surface area (Å²) >= 11 is 9.31. The predicted molar refractivity (Wildman–Crippen MR) is 78.9 cm³/mol. The second-order valence-corrected chi connectivity index (χ2v) is 5.11. The summed E-state index contributed by atoms with van der Waals surface area (Å²) in [6, 6.07) is 6.89. The highest BCUT2D eigenvalue weighted by molar-refractivity contribution is 9.10. The molecule has 0 saturated carbocycles. The van der Waals surface area contributed by atoms with Crippen LogP contribution in [0.4, 0.5) is 5.69 Å². The Hall–Kier alpha value is -1.46. The molecule has 0 aliphatic carbocycles. The van der Waals surface area contributed by atoms with E-state index < -0.39 is 0 Å². The van der Waals surface area contributed by atoms with Crippen LogP contribution in [0.3, 0.4) is 0 Å². The molecule has 0 radical (unpaired) electrons. The monoisotopic (exact) mass is 342 g/mol. The second-order valence-electron chi connectivity index (χ2n) is 3.84. The van der Waals surface area contributed by atoms with Crippen LogP contribution in [0, 0.1) is 0 Å². The molecule has 0 atom stereocenters. The number of halogens is 2. The molecule has 19 heavy (non-hydrogen) atoms. The van der Waals surface area contributed by atoms with Crippen molar-refractivity contribution in [3.05, 3.63) is 45.7 Å². The third-order valence-electron chi connectivity index (χ3n) is 2.56. The fourth-order valence-corrected chi connectivity index (χ4v) is 2.07. The van der Waals surface area contributed by atoms with Crippen LogP contribution in [0.15, 0.2) is 34.9 Å². The lowest BCUT2D eigenvalue weighted by atomic mass is 10.2. The van der Waals surface area contributed by atoms with Gasteiger partial charge >= 0.3 is 0 Å². The van der Waals surface area contributed by atoms with Gasteiger partial charge in [0, 0.05) is 22.8 Å². The van der Waals surface area contributed by atoms with Crippen LogP contribution in [0.25, 0.3) is 0 Å². The number of phenols is 1. The van der Waals surface area contributed by atoms with E-state index in [9.17, 15) is 5.11 Å². The number of nitrogens with zero attached hydrogens (tertiary/aromatic N) is 1. The maximum Gasteiger partial charge on any atom is 0.152 e. The molecule has 0 unspecified atom stereocenters. The van der Waals surface area contributed by atoms with Crippen molar-refractivity contribution in [2.24, 2.45) is 0 Å². The average molecular weight is 344 g/mol. The molecule has 0 bridgehead atoms. The number of pyridine rings is 1. The Bertz CT molecular complexity index is 593. The Kier molecular flexibility index (Phi) is 4.50. The molecule has 2 rings (SSSR count). The molecule has 6 heteroatoms. The summed E-state index contributed by atoms with van der Waals surface area (Å²) in [4.78, 5) is 4.02. The van der Waals surface area contributed by atoms with Gasteiger partial charge < -0.3 is 15.2 Å². The topological polar surface area (TPSA) is 54.4 Å². The number of phenolic OH excluding ortho intramolecular Hbond substituents is 1. The minimum atomic E-state index is 0.201. The van der Waals surface area contributed by atoms with Crippen LogP contribution in [0.1, 0.15) is 5.56 Å². The van der Waals surface area contributed by atoms with Crippen molar-refractivity contribution in [3.63, 3.8) is 0 Å². The molecule has 0 saturated heterocycles. The summed E-state index contributed by atoms with van der Waals surface area (Å²) in [6.07, 6.45) is 1.62. The molecule has 0 aliphatic heterocycles. The number of aromatic nitrogens is 1. The van der Waals surface area contributed by atoms with Gasteiger partial charge in [-0.25, -0.2) is 4.98 Å². The van der Waals surface area contributed by atoms with Gasteiger partial charge in [0.15, 0.2) is 5.15 Å². The van der Waals surface area contributed by atoms with Crippen molar-refractivity contribution in [3.8, 4) is 11.5 Å². The molecule has 0 amide bonds. The normalized spacial score (nSPS) is 10.3. The highest BCUT2D eigenvalue weighted by Gasteiger charge is 2.06. The van der Waals surface area contributed by atoms with Crippen molar-refractivity contribution in [2.45, 2.75) is 6.54 Å². The maximum atomic E-state index is 9.78. The molecule has 1 aromatic heterocycles. The largest absolute Gasteiger partial charge is 0.508 e. The Morgan fingerprint density at radius 3 is 2.95 bits per heavy atom. The van der Waals surface area contributed by atoms with Gasteiger partial charge in [0.2, 0.25) is 0 Å². The van der Waals surface area contributed by atoms with Gasteiger partial charge in [-0.2, -0.15) is 0 Å². The van der Waals surface area contributed by atoms with Crippen molar-refractivity contribution in [1.82, 2.24) is 4.98 Å². The number of nitrogens with one attached hydrogen (secondary N) is 1. The van der Waals surface area contributed by atoms with Gasteiger partial charge in [-0.3, -0.25) is 0 Å². The van der Waals surface area contributed by atoms with Gasteiger partial charge in [-0.15, -0.1) is 0 Å². The number of benzene rings is 1. The van der Waals surface area contributed by atoms with Gasteiger partial charge in [-0.1, -0.05) is 11.6 Å². The molecule has 1 heterocycles. The first kappa shape index (κ1) is 14.0. The number of hydrogen-bond acceptors (Lipinski definition) is 4. The maximum absolute atomic E-state index is 9.78. The van der Waals surface area contributed by atoms with E-state index in [1.807, 2.05) is 6.07 Å². The van der Waals surface area contributed by atoms with Crippen molar-refractivity contribution < 1.29 is 9.84 Å². The summed E-state index contributed by atoms with van der Waals surface area (Å²) in [5, 5.41) is 13.3. The molecule has 100 valence electrons. The molecule has 2 aromatic rings. The van der Waals surface area contributed by atoms with E-state index in [0.717, 1.165) is 10.0 Å². The summed E-state index contributed by atoms with van der Waals surface area (Å²) in [5.41, 5.74) is 1.41. The van der Waals surface area contributed by atoms with Crippen LogP contribution < -0.4 is 10.1 Å². The molecule has 1 aromatic carbocycles. The van der Waals surface area contributed by atoms with E-state index in [0.29, 0.717) is 23.1 Å². The molecule has 0 fully saturated rings. The van der Waals surface area contributed by atoms with E-state index in [1.54, 1.807) is 31.5 Å². The first-order valence-corrected chi connectivity index (χ1v) is 6.68. The fourth-order valence-electron chi connectivity index (χ4n) is 1.57. The molecule has 0 aliphatic rings. The molecule has 4 nitrogen and oxygen atoms in total. The van der Waals surface area contributed by atoms with Crippen LogP contribution in [-0.4, -0.2) is 17.2 Å². The predicted octanol–water partition coefficient (Wildman–Crippen LogP) is 3.82. The number of methoxy groups -OCH3 is 1. The Morgan fingerprint density at radius 1 is 1.42 bits per heavy atom. The van der Waals surface area contributed by atoms with Crippen molar-refractivity contribution >= 4 is 33.2 Å². The fraction of sp³-hybridized carbons (Fsp3) is 0.154. The Balaban J connectivity index is 2.16. The van der Waals surface area contributed by atoms with Crippen LogP contribution in [0.5, 0.6) is 11.5 Å². The zero-order valence-corrected chi connectivity index (χ0v) is 12.5. The SMILES string of the molecule is COc1ccc(O)c(CNc2cc(Br)cnc2Cl)c1. The number of rotatable bonds is 4. The van der Waals surface area contributed by atoms with E-state index in [2.05, 4.69) is 26.2 Å². The molecule has 0 spiro atoms. The standard InChI is InChI=1S/C13H12BrClN2O2/c1-19-10-2-3-12(18)8(4-10)6-16-11-5-9(14)7-17-13(11)15/h2-5,7,16,18H,6H2,1H3. The third kappa shape index (κ3) is 3.52. The summed E-state index contributed by atoms with van der Waals surface area (Å²) < 4.78 is 5.95. The van der Waals surface area contributed by atoms with Gasteiger partial charge in [-0.05, 0) is 40.2 Å². The van der Waals surface area contributed by atoms with E-state index in [1.165, 1.54) is 0 Å². The van der Waals surface area contributed by atoms with Gasteiger partial charge in [0.25, 0.3) is 0 Å². The van der Waals surface area contributed by atoms with Crippen molar-refractivity contribution in [1.29, 1.82) is 0 Å². The van der Waals surface area contributed by atoms with Gasteiger partial charge in [0.05, 0.1) is 12.8 Å². The molecular formula is C13H12BrClN2O2. The number of anilines is 1. The van der Waals surface area contributed by atoms with E-state index >= 15 is 0 Å². The highest BCUT2D eigenvalue weighted by Crippen LogP contribution is 2.26. The van der Waals surface area contributed by atoms with Gasteiger partial charge in [0.1, 0.15) is 11.5 Å². The number of ether oxygens (including phenoxy) is 1. The first-order chi connectivity index (χ1) is 9.10. The lowest BCUT2D eigenvalue weighted by Gasteiger charge is -2.10. The van der Waals surface area contributed by atoms with Crippen molar-refractivity contribution in [2.75, 3.05) is 12.4 Å². The number of hydrogen-bond donors (Lipinski definition) is 2. The smallest absolute Gasteiger partial charge is 0.152 e. The van der Waals surface area contributed by atoms with E-state index in [-0.39, 0.29) is 5.75 Å². The zero-order valence-electron chi connectivity index (χ0n) is 10.2. The van der Waals surface area contributed by atoms with Crippen LogP contribution in [-0.2, 0) is 6.54 Å².